The van der Waals surface area contributed by atoms with Crippen molar-refractivity contribution in [1.29, 1.82) is 0 Å². The quantitative estimate of drug-likeness (QED) is 0.379. The molecular formula is C25H27N3O6. The van der Waals surface area contributed by atoms with Crippen molar-refractivity contribution in [2.75, 3.05) is 18.9 Å². The van der Waals surface area contributed by atoms with Crippen molar-refractivity contribution in [3.05, 3.63) is 92.1 Å². The number of nitrogen functional groups attached to an aromatic ring is 1. The fourth-order valence-electron chi connectivity index (χ4n) is 3.45. The van der Waals surface area contributed by atoms with Gasteiger partial charge in [-0.25, -0.2) is 9.59 Å². The van der Waals surface area contributed by atoms with E-state index in [0.29, 0.717) is 5.75 Å². The largest absolute Gasteiger partial charge is 0.482 e. The van der Waals surface area contributed by atoms with Crippen LogP contribution in [0.15, 0.2) is 64.2 Å². The molecule has 3 rings (SSSR count). The van der Waals surface area contributed by atoms with Gasteiger partial charge in [0, 0.05) is 7.05 Å². The number of esters is 1. The van der Waals surface area contributed by atoms with Crippen LogP contribution in [-0.4, -0.2) is 34.1 Å². The molecule has 0 bridgehead atoms. The summed E-state index contributed by atoms with van der Waals surface area (Å²) in [7, 11) is 1.26. The zero-order chi connectivity index (χ0) is 24.8. The van der Waals surface area contributed by atoms with Gasteiger partial charge in [0.15, 0.2) is 13.2 Å². The number of ketones is 1. The number of rotatable bonds is 9. The first-order valence-electron chi connectivity index (χ1n) is 10.7. The molecule has 2 aromatic carbocycles. The van der Waals surface area contributed by atoms with E-state index >= 15 is 0 Å². The molecule has 0 atom stereocenters. The molecule has 0 aliphatic heterocycles. The number of carbonyl (C=O) groups is 2. The number of hydrogen-bond donors (Lipinski definition) is 1. The third kappa shape index (κ3) is 5.43. The SMILES string of the molecule is CC(C)c1ccccc1OCC(=O)OCC(=O)c1c(N)n(Cc2ccccc2)c(=O)n(C)c1=O. The molecule has 0 fully saturated rings. The Kier molecular flexibility index (Phi) is 7.68. The van der Waals surface area contributed by atoms with Gasteiger partial charge >= 0.3 is 11.7 Å². The van der Waals surface area contributed by atoms with Gasteiger partial charge in [0.05, 0.1) is 6.54 Å². The first-order valence-corrected chi connectivity index (χ1v) is 10.7. The molecule has 2 N–H and O–H groups in total. The summed E-state index contributed by atoms with van der Waals surface area (Å²) in [5.74, 6) is -1.12. The topological polar surface area (TPSA) is 123 Å². The third-order valence-electron chi connectivity index (χ3n) is 5.30. The van der Waals surface area contributed by atoms with Crippen LogP contribution in [0.3, 0.4) is 0 Å². The predicted octanol–water partition coefficient (Wildman–Crippen LogP) is 2.11. The van der Waals surface area contributed by atoms with Crippen molar-refractivity contribution in [1.82, 2.24) is 9.13 Å². The van der Waals surface area contributed by atoms with E-state index in [2.05, 4.69) is 0 Å². The summed E-state index contributed by atoms with van der Waals surface area (Å²) in [4.78, 5) is 50.1. The van der Waals surface area contributed by atoms with Crippen molar-refractivity contribution in [3.63, 3.8) is 0 Å². The van der Waals surface area contributed by atoms with Crippen LogP contribution in [0.4, 0.5) is 5.82 Å². The van der Waals surface area contributed by atoms with Gasteiger partial charge in [-0.2, -0.15) is 0 Å². The molecule has 1 heterocycles. The second-order valence-electron chi connectivity index (χ2n) is 8.04. The number of nitrogens with two attached hydrogens (primary N) is 1. The summed E-state index contributed by atoms with van der Waals surface area (Å²) < 4.78 is 12.5. The zero-order valence-electron chi connectivity index (χ0n) is 19.3. The first-order chi connectivity index (χ1) is 16.2. The first kappa shape index (κ1) is 24.5. The summed E-state index contributed by atoms with van der Waals surface area (Å²) in [6, 6.07) is 16.3. The lowest BCUT2D eigenvalue weighted by Crippen LogP contribution is -2.43. The molecule has 0 aliphatic carbocycles. The minimum Gasteiger partial charge on any atom is -0.482 e. The van der Waals surface area contributed by atoms with E-state index < -0.39 is 41.8 Å². The van der Waals surface area contributed by atoms with Gasteiger partial charge in [-0.05, 0) is 23.1 Å². The molecule has 0 aliphatic rings. The number of Topliss-reactive ketones (excluding diaryl/α,β-unsaturated/α-hetero) is 1. The van der Waals surface area contributed by atoms with E-state index in [1.807, 2.05) is 32.0 Å². The Balaban J connectivity index is 1.73. The van der Waals surface area contributed by atoms with Gasteiger partial charge in [0.25, 0.3) is 5.56 Å². The van der Waals surface area contributed by atoms with Crippen molar-refractivity contribution in [2.45, 2.75) is 26.3 Å². The highest BCUT2D eigenvalue weighted by atomic mass is 16.6. The molecule has 34 heavy (non-hydrogen) atoms. The van der Waals surface area contributed by atoms with Crippen LogP contribution < -0.4 is 21.7 Å². The summed E-state index contributed by atoms with van der Waals surface area (Å²) in [6.45, 7) is 2.96. The van der Waals surface area contributed by atoms with Crippen LogP contribution in [0.1, 0.15) is 41.3 Å². The standard InChI is InChI=1S/C25H27N3O6/c1-16(2)18-11-7-8-12-20(18)33-15-21(30)34-14-19(29)22-23(26)28(25(32)27(3)24(22)31)13-17-9-5-4-6-10-17/h4-12,16H,13-15,26H2,1-3H3. The number of carbonyl (C=O) groups excluding carboxylic acids is 2. The molecule has 9 nitrogen and oxygen atoms in total. The molecule has 0 amide bonds. The highest BCUT2D eigenvalue weighted by molar-refractivity contribution is 6.01. The lowest BCUT2D eigenvalue weighted by molar-refractivity contribution is -0.144. The summed E-state index contributed by atoms with van der Waals surface area (Å²) in [5.41, 5.74) is 5.84. The fraction of sp³-hybridized carbons (Fsp3) is 0.280. The maximum Gasteiger partial charge on any atom is 0.344 e. The number of aromatic nitrogens is 2. The Morgan fingerprint density at radius 1 is 0.971 bits per heavy atom. The Bertz CT molecular complexity index is 1310. The molecule has 1 aromatic heterocycles. The van der Waals surface area contributed by atoms with Gasteiger partial charge in [-0.3, -0.25) is 18.7 Å². The van der Waals surface area contributed by atoms with E-state index in [0.717, 1.165) is 20.3 Å². The van der Waals surface area contributed by atoms with Crippen LogP contribution in [-0.2, 0) is 23.1 Å². The molecule has 178 valence electrons. The maximum absolute atomic E-state index is 12.7. The maximum atomic E-state index is 12.7. The van der Waals surface area contributed by atoms with Gasteiger partial charge in [-0.15, -0.1) is 0 Å². The van der Waals surface area contributed by atoms with Crippen LogP contribution >= 0.6 is 0 Å². The number of hydrogen-bond acceptors (Lipinski definition) is 7. The lowest BCUT2D eigenvalue weighted by atomic mass is 10.0. The van der Waals surface area contributed by atoms with Gasteiger partial charge in [0.2, 0.25) is 5.78 Å². The molecule has 0 spiro atoms. The zero-order valence-corrected chi connectivity index (χ0v) is 19.3. The smallest absolute Gasteiger partial charge is 0.344 e. The average molecular weight is 466 g/mol. The van der Waals surface area contributed by atoms with Crippen LogP contribution in [0.5, 0.6) is 5.75 Å². The summed E-state index contributed by atoms with van der Waals surface area (Å²) >= 11 is 0. The number of ether oxygens (including phenoxy) is 2. The van der Waals surface area contributed by atoms with Gasteiger partial charge < -0.3 is 15.2 Å². The summed E-state index contributed by atoms with van der Waals surface area (Å²) in [6.07, 6.45) is 0. The van der Waals surface area contributed by atoms with Crippen molar-refractivity contribution < 1.29 is 19.1 Å². The Morgan fingerprint density at radius 2 is 1.62 bits per heavy atom. The summed E-state index contributed by atoms with van der Waals surface area (Å²) in [5, 5.41) is 0. The third-order valence-corrected chi connectivity index (χ3v) is 5.30. The predicted molar refractivity (Wildman–Crippen MR) is 127 cm³/mol. The van der Waals surface area contributed by atoms with Crippen LogP contribution in [0, 0.1) is 0 Å². The van der Waals surface area contributed by atoms with E-state index in [9.17, 15) is 19.2 Å². The fourth-order valence-corrected chi connectivity index (χ4v) is 3.45. The Hall–Kier alpha value is -4.14. The van der Waals surface area contributed by atoms with E-state index in [4.69, 9.17) is 15.2 Å². The highest BCUT2D eigenvalue weighted by Gasteiger charge is 2.23. The number of nitrogens with zero attached hydrogens (tertiary/aromatic N) is 2. The van der Waals surface area contributed by atoms with E-state index in [1.165, 1.54) is 7.05 Å². The normalized spacial score (nSPS) is 10.8. The lowest BCUT2D eigenvalue weighted by Gasteiger charge is -2.15. The Labute approximate surface area is 196 Å². The second kappa shape index (κ2) is 10.7. The molecule has 0 saturated heterocycles. The van der Waals surface area contributed by atoms with Crippen LogP contribution in [0.2, 0.25) is 0 Å². The molecule has 3 aromatic rings. The highest BCUT2D eigenvalue weighted by Crippen LogP contribution is 2.25. The van der Waals surface area contributed by atoms with E-state index in [1.54, 1.807) is 36.4 Å². The van der Waals surface area contributed by atoms with Crippen molar-refractivity contribution in [2.24, 2.45) is 7.05 Å². The van der Waals surface area contributed by atoms with Crippen molar-refractivity contribution in [3.8, 4) is 5.75 Å². The van der Waals surface area contributed by atoms with E-state index in [-0.39, 0.29) is 18.3 Å². The molecule has 0 saturated carbocycles. The Morgan fingerprint density at radius 3 is 2.29 bits per heavy atom. The van der Waals surface area contributed by atoms with Crippen LogP contribution in [0.25, 0.3) is 0 Å². The molecular weight excluding hydrogens is 438 g/mol. The number of para-hydroxylation sites is 1. The minimum absolute atomic E-state index is 0.0722. The molecule has 0 unspecified atom stereocenters. The van der Waals surface area contributed by atoms with Gasteiger partial charge in [-0.1, -0.05) is 62.4 Å². The molecule has 9 heteroatoms. The second-order valence-corrected chi connectivity index (χ2v) is 8.04. The monoisotopic (exact) mass is 465 g/mol. The van der Waals surface area contributed by atoms with Gasteiger partial charge in [0.1, 0.15) is 17.1 Å². The molecule has 0 radical (unpaired) electrons. The average Bonchev–Trinajstić information content (AvgIpc) is 2.83. The minimum atomic E-state index is -0.852. The van der Waals surface area contributed by atoms with Crippen molar-refractivity contribution >= 4 is 17.6 Å². The number of anilines is 1. The number of benzene rings is 2.